The Morgan fingerprint density at radius 2 is 1.67 bits per heavy atom. The molecule has 0 spiro atoms. The van der Waals surface area contributed by atoms with E-state index in [1.54, 1.807) is 36.4 Å². The lowest BCUT2D eigenvalue weighted by molar-refractivity contribution is -0.119. The first-order valence-electron chi connectivity index (χ1n) is 6.82. The molecule has 0 saturated carbocycles. The summed E-state index contributed by atoms with van der Waals surface area (Å²) < 4.78 is 5.22. The smallest absolute Gasteiger partial charge is 0.277 e. The number of methoxy groups -OCH3 is 1. The van der Waals surface area contributed by atoms with Gasteiger partial charge in [-0.15, -0.1) is 0 Å². The van der Waals surface area contributed by atoms with Crippen molar-refractivity contribution in [2.24, 2.45) is 0 Å². The van der Waals surface area contributed by atoms with Crippen LogP contribution >= 0.6 is 34.8 Å². The average molecular weight is 383 g/mol. The minimum absolute atomic E-state index is 0.0363. The molecule has 0 saturated heterocycles. The van der Waals surface area contributed by atoms with E-state index in [1.807, 2.05) is 0 Å². The number of benzene rings is 2. The number of hydrogen-bond acceptors (Lipinski definition) is 3. The minimum atomic E-state index is -0.632. The number of nitrogens with zero attached hydrogens (tertiary/aromatic N) is 1. The Hall–Kier alpha value is -2.01. The van der Waals surface area contributed by atoms with Gasteiger partial charge in [0.2, 0.25) is 0 Å². The monoisotopic (exact) mass is 381 g/mol. The highest BCUT2D eigenvalue weighted by molar-refractivity contribution is 6.61. The summed E-state index contributed by atoms with van der Waals surface area (Å²) in [5, 5.41) is 0.452. The Kier molecular flexibility index (Phi) is 4.54. The number of para-hydroxylation sites is 2. The summed E-state index contributed by atoms with van der Waals surface area (Å²) in [4.78, 5) is 26.4. The molecule has 0 N–H and O–H groups in total. The number of rotatable bonds is 3. The zero-order chi connectivity index (χ0) is 17.4. The molecule has 1 aliphatic rings. The van der Waals surface area contributed by atoms with Gasteiger partial charge in [0, 0.05) is 10.6 Å². The molecule has 0 bridgehead atoms. The zero-order valence-corrected chi connectivity index (χ0v) is 14.6. The molecule has 0 unspecified atom stereocenters. The van der Waals surface area contributed by atoms with Gasteiger partial charge in [-0.3, -0.25) is 9.59 Å². The van der Waals surface area contributed by atoms with Crippen LogP contribution in [0.5, 0.6) is 5.75 Å². The number of carbonyl (C=O) groups excluding carboxylic acids is 2. The average Bonchev–Trinajstić information content (AvgIpc) is 2.78. The van der Waals surface area contributed by atoms with Crippen molar-refractivity contribution in [1.82, 2.24) is 0 Å². The lowest BCUT2D eigenvalue weighted by Gasteiger charge is -2.18. The Labute approximate surface area is 153 Å². The zero-order valence-electron chi connectivity index (χ0n) is 12.3. The Morgan fingerprint density at radius 3 is 2.33 bits per heavy atom. The predicted octanol–water partition coefficient (Wildman–Crippen LogP) is 4.53. The van der Waals surface area contributed by atoms with Gasteiger partial charge in [0.1, 0.15) is 10.8 Å². The van der Waals surface area contributed by atoms with Crippen molar-refractivity contribution in [2.45, 2.75) is 0 Å². The van der Waals surface area contributed by atoms with Crippen molar-refractivity contribution >= 4 is 57.9 Å². The first-order chi connectivity index (χ1) is 11.5. The van der Waals surface area contributed by atoms with Crippen LogP contribution in [0.2, 0.25) is 10.0 Å². The van der Waals surface area contributed by atoms with Crippen molar-refractivity contribution < 1.29 is 14.3 Å². The minimum Gasteiger partial charge on any atom is -0.495 e. The molecule has 2 aromatic carbocycles. The first kappa shape index (κ1) is 16.8. The second kappa shape index (κ2) is 6.48. The molecule has 1 aliphatic heterocycles. The van der Waals surface area contributed by atoms with Gasteiger partial charge in [-0.1, -0.05) is 53.0 Å². The summed E-state index contributed by atoms with van der Waals surface area (Å²) in [7, 11) is 1.45. The van der Waals surface area contributed by atoms with Crippen LogP contribution in [0.15, 0.2) is 47.5 Å². The molecule has 2 aromatic rings. The molecular formula is C17H10Cl3NO3. The van der Waals surface area contributed by atoms with E-state index < -0.39 is 11.8 Å². The molecule has 122 valence electrons. The first-order valence-corrected chi connectivity index (χ1v) is 7.96. The van der Waals surface area contributed by atoms with Crippen LogP contribution in [0, 0.1) is 0 Å². The van der Waals surface area contributed by atoms with Crippen molar-refractivity contribution in [3.63, 3.8) is 0 Å². The van der Waals surface area contributed by atoms with Gasteiger partial charge < -0.3 is 4.74 Å². The molecule has 0 fully saturated rings. The largest absolute Gasteiger partial charge is 0.495 e. The number of carbonyl (C=O) groups is 2. The molecule has 0 atom stereocenters. The topological polar surface area (TPSA) is 46.6 Å². The van der Waals surface area contributed by atoms with Gasteiger partial charge in [-0.05, 0) is 24.3 Å². The lowest BCUT2D eigenvalue weighted by atomic mass is 10.1. The summed E-state index contributed by atoms with van der Waals surface area (Å²) >= 11 is 18.2. The molecular weight excluding hydrogens is 373 g/mol. The molecule has 0 radical (unpaired) electrons. The van der Waals surface area contributed by atoms with E-state index in [0.29, 0.717) is 22.0 Å². The Bertz CT molecular complexity index is 892. The molecule has 1 heterocycles. The third-order valence-corrected chi connectivity index (χ3v) is 4.45. The third-order valence-electron chi connectivity index (χ3n) is 3.55. The SMILES string of the molecule is COc1ccccc1N1C(=O)C(Cl)=C(c2ccc(Cl)cc2Cl)C1=O. The molecule has 2 amide bonds. The Morgan fingerprint density at radius 1 is 0.958 bits per heavy atom. The van der Waals surface area contributed by atoms with Crippen molar-refractivity contribution in [1.29, 1.82) is 0 Å². The van der Waals surface area contributed by atoms with E-state index >= 15 is 0 Å². The maximum absolute atomic E-state index is 12.8. The van der Waals surface area contributed by atoms with Crippen LogP contribution in [-0.2, 0) is 9.59 Å². The maximum atomic E-state index is 12.8. The fourth-order valence-corrected chi connectivity index (χ4v) is 3.23. The number of imide groups is 1. The highest BCUT2D eigenvalue weighted by Crippen LogP contribution is 2.40. The highest BCUT2D eigenvalue weighted by Gasteiger charge is 2.41. The van der Waals surface area contributed by atoms with Crippen molar-refractivity contribution in [3.8, 4) is 5.75 Å². The predicted molar refractivity (Wildman–Crippen MR) is 94.7 cm³/mol. The lowest BCUT2D eigenvalue weighted by Crippen LogP contribution is -2.31. The van der Waals surface area contributed by atoms with E-state index in [4.69, 9.17) is 39.5 Å². The summed E-state index contributed by atoms with van der Waals surface area (Å²) in [6, 6.07) is 11.3. The van der Waals surface area contributed by atoms with Crippen LogP contribution in [-0.4, -0.2) is 18.9 Å². The van der Waals surface area contributed by atoms with Gasteiger partial charge in [0.25, 0.3) is 11.8 Å². The number of hydrogen-bond donors (Lipinski definition) is 0. The highest BCUT2D eigenvalue weighted by atomic mass is 35.5. The van der Waals surface area contributed by atoms with Crippen molar-refractivity contribution in [3.05, 3.63) is 63.1 Å². The van der Waals surface area contributed by atoms with Gasteiger partial charge in [-0.25, -0.2) is 4.90 Å². The Balaban J connectivity index is 2.11. The van der Waals surface area contributed by atoms with Crippen LogP contribution in [0.3, 0.4) is 0 Å². The van der Waals surface area contributed by atoms with E-state index in [0.717, 1.165) is 4.90 Å². The second-order valence-corrected chi connectivity index (χ2v) is 6.15. The molecule has 4 nitrogen and oxygen atoms in total. The van der Waals surface area contributed by atoms with Crippen LogP contribution < -0.4 is 9.64 Å². The van der Waals surface area contributed by atoms with Gasteiger partial charge in [-0.2, -0.15) is 0 Å². The maximum Gasteiger partial charge on any atom is 0.277 e. The van der Waals surface area contributed by atoms with E-state index in [1.165, 1.54) is 13.2 Å². The van der Waals surface area contributed by atoms with E-state index in [2.05, 4.69) is 0 Å². The third kappa shape index (κ3) is 2.67. The fourth-order valence-electron chi connectivity index (χ4n) is 2.46. The van der Waals surface area contributed by atoms with Crippen LogP contribution in [0.4, 0.5) is 5.69 Å². The molecule has 0 aliphatic carbocycles. The number of amides is 2. The number of anilines is 1. The fraction of sp³-hybridized carbons (Fsp3) is 0.0588. The summed E-state index contributed by atoms with van der Waals surface area (Å²) in [5.41, 5.74) is 0.698. The van der Waals surface area contributed by atoms with Crippen molar-refractivity contribution in [2.75, 3.05) is 12.0 Å². The molecule has 0 aromatic heterocycles. The van der Waals surface area contributed by atoms with Crippen LogP contribution in [0.25, 0.3) is 5.57 Å². The van der Waals surface area contributed by atoms with Gasteiger partial charge in [0.05, 0.1) is 23.4 Å². The summed E-state index contributed by atoms with van der Waals surface area (Å²) in [6.45, 7) is 0. The number of ether oxygens (including phenoxy) is 1. The standard InChI is InChI=1S/C17H10Cl3NO3/c1-24-13-5-3-2-4-12(13)21-16(22)14(15(20)17(21)23)10-7-6-9(18)8-11(10)19/h2-8H,1H3. The van der Waals surface area contributed by atoms with Gasteiger partial charge in [0.15, 0.2) is 0 Å². The van der Waals surface area contributed by atoms with Crippen LogP contribution in [0.1, 0.15) is 5.56 Å². The summed E-state index contributed by atoms with van der Waals surface area (Å²) in [6.07, 6.45) is 0. The second-order valence-electron chi connectivity index (χ2n) is 4.93. The molecule has 7 heteroatoms. The van der Waals surface area contributed by atoms with Gasteiger partial charge >= 0.3 is 0 Å². The summed E-state index contributed by atoms with van der Waals surface area (Å²) in [5.74, 6) is -0.821. The van der Waals surface area contributed by atoms with E-state index in [9.17, 15) is 9.59 Å². The molecule has 24 heavy (non-hydrogen) atoms. The normalized spacial score (nSPS) is 14.6. The molecule has 3 rings (SSSR count). The quantitative estimate of drug-likeness (QED) is 0.733. The van der Waals surface area contributed by atoms with E-state index in [-0.39, 0.29) is 15.6 Å². The number of halogens is 3.